The second-order valence-electron chi connectivity index (χ2n) is 5.81. The predicted molar refractivity (Wildman–Crippen MR) is 91.1 cm³/mol. The summed E-state index contributed by atoms with van der Waals surface area (Å²) in [5, 5.41) is 49.1. The van der Waals surface area contributed by atoms with Gasteiger partial charge in [-0.15, -0.1) is 0 Å². The minimum absolute atomic E-state index is 0.00514. The van der Waals surface area contributed by atoms with E-state index in [1.54, 1.807) is 6.07 Å². The number of aryl methyl sites for hydroxylation is 1. The first kappa shape index (κ1) is 18.9. The number of rotatable bonds is 7. The molecule has 6 N–H and O–H groups in total. The quantitative estimate of drug-likeness (QED) is 0.407. The third kappa shape index (κ3) is 5.04. The van der Waals surface area contributed by atoms with Gasteiger partial charge >= 0.3 is 5.97 Å². The molecule has 0 heterocycles. The summed E-state index contributed by atoms with van der Waals surface area (Å²) in [6.45, 7) is 0. The van der Waals surface area contributed by atoms with Gasteiger partial charge in [0.25, 0.3) is 0 Å². The Morgan fingerprint density at radius 2 is 1.38 bits per heavy atom. The number of carboxylic acid groups (broad SMARTS) is 1. The first-order chi connectivity index (χ1) is 12.3. The summed E-state index contributed by atoms with van der Waals surface area (Å²) in [6, 6.07) is 6.92. The van der Waals surface area contributed by atoms with Crippen molar-refractivity contribution >= 4 is 11.9 Å². The second kappa shape index (κ2) is 8.11. The summed E-state index contributed by atoms with van der Waals surface area (Å²) in [6.07, 6.45) is 0.190. The van der Waals surface area contributed by atoms with Crippen LogP contribution in [0.2, 0.25) is 0 Å². The number of carboxylic acids is 1. The molecular weight excluding hydrogens is 342 g/mol. The van der Waals surface area contributed by atoms with Gasteiger partial charge < -0.3 is 30.8 Å². The molecule has 2 rings (SSSR count). The average molecular weight is 361 g/mol. The highest BCUT2D eigenvalue weighted by Gasteiger charge is 2.21. The monoisotopic (exact) mass is 361 g/mol. The number of hydrogen-bond acceptors (Lipinski definition) is 6. The molecule has 0 aromatic heterocycles. The molecule has 8 nitrogen and oxygen atoms in total. The number of benzene rings is 2. The molecule has 138 valence electrons. The van der Waals surface area contributed by atoms with Gasteiger partial charge in [-0.3, -0.25) is 4.79 Å². The van der Waals surface area contributed by atoms with E-state index in [-0.39, 0.29) is 42.3 Å². The number of nitrogens with one attached hydrogen (secondary N) is 1. The average Bonchev–Trinajstić information content (AvgIpc) is 2.58. The van der Waals surface area contributed by atoms with Crippen molar-refractivity contribution < 1.29 is 35.1 Å². The lowest BCUT2D eigenvalue weighted by Gasteiger charge is -2.15. The van der Waals surface area contributed by atoms with Gasteiger partial charge in [-0.05, 0) is 41.8 Å². The highest BCUT2D eigenvalue weighted by molar-refractivity contribution is 5.83. The van der Waals surface area contributed by atoms with E-state index in [0.29, 0.717) is 11.1 Å². The van der Waals surface area contributed by atoms with E-state index in [1.807, 2.05) is 0 Å². The van der Waals surface area contributed by atoms with Gasteiger partial charge in [0.05, 0.1) is 0 Å². The highest BCUT2D eigenvalue weighted by Crippen LogP contribution is 2.26. The summed E-state index contributed by atoms with van der Waals surface area (Å²) in [4.78, 5) is 23.4. The van der Waals surface area contributed by atoms with Crippen molar-refractivity contribution in [2.75, 3.05) is 0 Å². The lowest BCUT2D eigenvalue weighted by Crippen LogP contribution is -2.42. The van der Waals surface area contributed by atoms with Crippen LogP contribution in [0, 0.1) is 0 Å². The number of phenolic OH excluding ortho intramolecular Hbond substituents is 4. The molecule has 2 aromatic carbocycles. The fourth-order valence-electron chi connectivity index (χ4n) is 2.38. The van der Waals surface area contributed by atoms with Gasteiger partial charge in [0, 0.05) is 12.8 Å². The maximum atomic E-state index is 12.0. The van der Waals surface area contributed by atoms with Gasteiger partial charge in [0.2, 0.25) is 5.91 Å². The Kier molecular flexibility index (Phi) is 5.90. The molecule has 0 saturated carbocycles. The molecule has 1 amide bonds. The van der Waals surface area contributed by atoms with Crippen LogP contribution in [-0.2, 0) is 22.4 Å². The van der Waals surface area contributed by atoms with E-state index in [4.69, 9.17) is 0 Å². The zero-order valence-electron chi connectivity index (χ0n) is 13.7. The Hall–Kier alpha value is -3.42. The predicted octanol–water partition coefficient (Wildman–Crippen LogP) is 1.25. The summed E-state index contributed by atoms with van der Waals surface area (Å²) in [5.41, 5.74) is 1.06. The Bertz CT molecular complexity index is 819. The summed E-state index contributed by atoms with van der Waals surface area (Å²) >= 11 is 0. The number of phenols is 4. The highest BCUT2D eigenvalue weighted by atomic mass is 16.4. The first-order valence-corrected chi connectivity index (χ1v) is 7.80. The molecule has 0 bridgehead atoms. The van der Waals surface area contributed by atoms with Gasteiger partial charge in [-0.2, -0.15) is 0 Å². The number of aliphatic carboxylic acids is 1. The zero-order chi connectivity index (χ0) is 19.3. The second-order valence-corrected chi connectivity index (χ2v) is 5.81. The normalized spacial score (nSPS) is 11.7. The van der Waals surface area contributed by atoms with Crippen LogP contribution in [0.5, 0.6) is 23.0 Å². The fourth-order valence-corrected chi connectivity index (χ4v) is 2.38. The molecule has 0 aliphatic rings. The Morgan fingerprint density at radius 1 is 0.846 bits per heavy atom. The number of amides is 1. The van der Waals surface area contributed by atoms with E-state index >= 15 is 0 Å². The smallest absolute Gasteiger partial charge is 0.326 e. The number of hydrogen-bond donors (Lipinski definition) is 6. The van der Waals surface area contributed by atoms with E-state index in [0.717, 1.165) is 0 Å². The molecule has 0 spiro atoms. The SMILES string of the molecule is O=C(CCc1ccc(O)c(O)c1)N[C@H](Cc1ccc(O)c(O)c1)C(=O)O. The maximum absolute atomic E-state index is 12.0. The standard InChI is InChI=1S/C18H19NO7/c20-13-4-1-10(8-15(13)22)3-6-17(24)19-12(18(25)26)7-11-2-5-14(21)16(23)9-11/h1-2,4-5,8-9,12,20-23H,3,6-7H2,(H,19,24)(H,25,26)/t12-/m1/s1. The number of carbonyl (C=O) groups is 2. The Balaban J connectivity index is 1.95. The molecule has 0 aliphatic carbocycles. The molecule has 2 aromatic rings. The summed E-state index contributed by atoms with van der Waals surface area (Å²) in [7, 11) is 0. The molecule has 8 heteroatoms. The van der Waals surface area contributed by atoms with Crippen molar-refractivity contribution in [3.8, 4) is 23.0 Å². The lowest BCUT2D eigenvalue weighted by atomic mass is 10.0. The molecule has 0 unspecified atom stereocenters. The van der Waals surface area contributed by atoms with Crippen LogP contribution in [-0.4, -0.2) is 43.5 Å². The third-order valence-corrected chi connectivity index (χ3v) is 3.79. The van der Waals surface area contributed by atoms with Gasteiger partial charge in [0.15, 0.2) is 23.0 Å². The third-order valence-electron chi connectivity index (χ3n) is 3.79. The molecule has 0 radical (unpaired) electrons. The van der Waals surface area contributed by atoms with Crippen molar-refractivity contribution in [2.24, 2.45) is 0 Å². The van der Waals surface area contributed by atoms with Crippen LogP contribution < -0.4 is 5.32 Å². The summed E-state index contributed by atoms with van der Waals surface area (Å²) in [5.74, 6) is -2.96. The van der Waals surface area contributed by atoms with E-state index in [1.165, 1.54) is 30.3 Å². The van der Waals surface area contributed by atoms with Crippen molar-refractivity contribution in [3.63, 3.8) is 0 Å². The number of carbonyl (C=O) groups excluding carboxylic acids is 1. The minimum atomic E-state index is -1.23. The van der Waals surface area contributed by atoms with Gasteiger partial charge in [-0.1, -0.05) is 12.1 Å². The van der Waals surface area contributed by atoms with E-state index < -0.39 is 17.9 Å². The van der Waals surface area contributed by atoms with Crippen LogP contribution in [0.4, 0.5) is 0 Å². The molecule has 0 aliphatic heterocycles. The Morgan fingerprint density at radius 3 is 1.92 bits per heavy atom. The van der Waals surface area contributed by atoms with Crippen molar-refractivity contribution in [1.29, 1.82) is 0 Å². The molecule has 0 fully saturated rings. The molecule has 0 saturated heterocycles. The maximum Gasteiger partial charge on any atom is 0.326 e. The van der Waals surface area contributed by atoms with Crippen molar-refractivity contribution in [3.05, 3.63) is 47.5 Å². The van der Waals surface area contributed by atoms with Crippen LogP contribution >= 0.6 is 0 Å². The zero-order valence-corrected chi connectivity index (χ0v) is 13.7. The molecule has 1 atom stereocenters. The van der Waals surface area contributed by atoms with Crippen LogP contribution in [0.1, 0.15) is 17.5 Å². The Labute approximate surface area is 149 Å². The first-order valence-electron chi connectivity index (χ1n) is 7.80. The molecule has 26 heavy (non-hydrogen) atoms. The van der Waals surface area contributed by atoms with Gasteiger partial charge in [0.1, 0.15) is 6.04 Å². The van der Waals surface area contributed by atoms with Crippen LogP contribution in [0.25, 0.3) is 0 Å². The van der Waals surface area contributed by atoms with Crippen molar-refractivity contribution in [1.82, 2.24) is 5.32 Å². The topological polar surface area (TPSA) is 147 Å². The minimum Gasteiger partial charge on any atom is -0.504 e. The van der Waals surface area contributed by atoms with E-state index in [9.17, 15) is 35.1 Å². The van der Waals surface area contributed by atoms with Gasteiger partial charge in [-0.25, -0.2) is 4.79 Å². The van der Waals surface area contributed by atoms with Crippen LogP contribution in [0.15, 0.2) is 36.4 Å². The molecular formula is C18H19NO7. The fraction of sp³-hybridized carbons (Fsp3) is 0.222. The van der Waals surface area contributed by atoms with Crippen molar-refractivity contribution in [2.45, 2.75) is 25.3 Å². The van der Waals surface area contributed by atoms with E-state index in [2.05, 4.69) is 5.32 Å². The van der Waals surface area contributed by atoms with Crippen LogP contribution in [0.3, 0.4) is 0 Å². The lowest BCUT2D eigenvalue weighted by molar-refractivity contribution is -0.141. The largest absolute Gasteiger partial charge is 0.504 e. The number of aromatic hydroxyl groups is 4. The summed E-state index contributed by atoms with van der Waals surface area (Å²) < 4.78 is 0.